The van der Waals surface area contributed by atoms with Gasteiger partial charge in [0.25, 0.3) is 0 Å². The van der Waals surface area contributed by atoms with Crippen LogP contribution in [0.15, 0.2) is 27.6 Å². The van der Waals surface area contributed by atoms with Crippen molar-refractivity contribution in [1.82, 2.24) is 4.31 Å². The van der Waals surface area contributed by atoms with E-state index in [1.54, 1.807) is 6.92 Å². The highest BCUT2D eigenvalue weighted by Crippen LogP contribution is 2.29. The monoisotopic (exact) mass is 364 g/mol. The van der Waals surface area contributed by atoms with Crippen molar-refractivity contribution in [3.63, 3.8) is 0 Å². The maximum Gasteiger partial charge on any atom is 0.246 e. The van der Waals surface area contributed by atoms with E-state index in [0.29, 0.717) is 11.0 Å². The molecule has 1 aromatic rings. The topological polar surface area (TPSA) is 63.4 Å². The Bertz CT molecular complexity index is 592. The smallest absolute Gasteiger partial charge is 0.246 e. The van der Waals surface area contributed by atoms with Gasteiger partial charge in [-0.3, -0.25) is 0 Å². The Kier molecular flexibility index (Phi) is 4.84. The number of benzene rings is 1. The van der Waals surface area contributed by atoms with Crippen LogP contribution in [-0.2, 0) is 10.0 Å². The fourth-order valence-electron chi connectivity index (χ4n) is 2.57. The van der Waals surface area contributed by atoms with E-state index in [1.807, 2.05) is 0 Å². The minimum Gasteiger partial charge on any atom is -0.326 e. The quantitative estimate of drug-likeness (QED) is 0.895. The van der Waals surface area contributed by atoms with Gasteiger partial charge < -0.3 is 5.73 Å². The molecule has 112 valence electrons. The van der Waals surface area contributed by atoms with Crippen LogP contribution < -0.4 is 5.73 Å². The summed E-state index contributed by atoms with van der Waals surface area (Å²) in [6, 6.07) is 3.44. The third-order valence-corrected chi connectivity index (χ3v) is 6.04. The van der Waals surface area contributed by atoms with Crippen molar-refractivity contribution >= 4 is 26.0 Å². The van der Waals surface area contributed by atoms with Crippen molar-refractivity contribution in [2.75, 3.05) is 6.54 Å². The van der Waals surface area contributed by atoms with Crippen LogP contribution in [0.2, 0.25) is 0 Å². The summed E-state index contributed by atoms with van der Waals surface area (Å²) in [6.07, 6.45) is 2.44. The minimum absolute atomic E-state index is 0.267. The normalized spacial score (nSPS) is 22.7. The second-order valence-corrected chi connectivity index (χ2v) is 7.89. The van der Waals surface area contributed by atoms with E-state index in [9.17, 15) is 12.8 Å². The Hall–Kier alpha value is -0.500. The van der Waals surface area contributed by atoms with Gasteiger partial charge in [0.05, 0.1) is 0 Å². The summed E-state index contributed by atoms with van der Waals surface area (Å²) in [5.41, 5.74) is 5.89. The van der Waals surface area contributed by atoms with Crippen molar-refractivity contribution in [3.8, 4) is 0 Å². The summed E-state index contributed by atoms with van der Waals surface area (Å²) in [6.45, 7) is 2.18. The lowest BCUT2D eigenvalue weighted by Crippen LogP contribution is -2.51. The summed E-state index contributed by atoms with van der Waals surface area (Å²) >= 11 is 3.13. The van der Waals surface area contributed by atoms with Gasteiger partial charge in [-0.15, -0.1) is 0 Å². The standard InChI is InChI=1S/C13H18BrFN2O2S/c1-9(16)12-4-2-3-7-17(12)20(18,19)13-6-5-10(14)8-11(13)15/h5-6,8-9,12H,2-4,7,16H2,1H3. The lowest BCUT2D eigenvalue weighted by Gasteiger charge is -2.36. The fourth-order valence-corrected chi connectivity index (χ4v) is 4.72. The summed E-state index contributed by atoms with van der Waals surface area (Å²) in [4.78, 5) is -0.284. The Morgan fingerprint density at radius 2 is 2.15 bits per heavy atom. The number of halogens is 2. The molecule has 0 saturated carbocycles. The number of piperidine rings is 1. The highest BCUT2D eigenvalue weighted by atomic mass is 79.9. The maximum absolute atomic E-state index is 14.0. The maximum atomic E-state index is 14.0. The third-order valence-electron chi connectivity index (χ3n) is 3.59. The van der Waals surface area contributed by atoms with Gasteiger partial charge in [-0.25, -0.2) is 12.8 Å². The van der Waals surface area contributed by atoms with Crippen LogP contribution in [0.1, 0.15) is 26.2 Å². The minimum atomic E-state index is -3.85. The van der Waals surface area contributed by atoms with Crippen molar-refractivity contribution in [2.45, 2.75) is 43.2 Å². The van der Waals surface area contributed by atoms with Crippen LogP contribution >= 0.6 is 15.9 Å². The van der Waals surface area contributed by atoms with Gasteiger partial charge >= 0.3 is 0 Å². The van der Waals surface area contributed by atoms with Crippen LogP contribution in [0.3, 0.4) is 0 Å². The zero-order chi connectivity index (χ0) is 14.9. The van der Waals surface area contributed by atoms with Gasteiger partial charge in [0.15, 0.2) is 0 Å². The van der Waals surface area contributed by atoms with Crippen LogP contribution in [0.25, 0.3) is 0 Å². The largest absolute Gasteiger partial charge is 0.326 e. The SMILES string of the molecule is CC(N)C1CCCCN1S(=O)(=O)c1ccc(Br)cc1F. The van der Waals surface area contributed by atoms with E-state index in [4.69, 9.17) is 5.73 Å². The number of hydrogen-bond donors (Lipinski definition) is 1. The van der Waals surface area contributed by atoms with E-state index in [0.717, 1.165) is 25.3 Å². The van der Waals surface area contributed by atoms with Crippen molar-refractivity contribution in [3.05, 3.63) is 28.5 Å². The first kappa shape index (κ1) is 15.9. The van der Waals surface area contributed by atoms with Gasteiger partial charge in [-0.2, -0.15) is 4.31 Å². The van der Waals surface area contributed by atoms with Gasteiger partial charge in [0, 0.05) is 23.1 Å². The lowest BCUT2D eigenvalue weighted by atomic mass is 10.00. The Morgan fingerprint density at radius 3 is 2.75 bits per heavy atom. The molecular formula is C13H18BrFN2O2S. The van der Waals surface area contributed by atoms with E-state index < -0.39 is 15.8 Å². The molecule has 7 heteroatoms. The van der Waals surface area contributed by atoms with E-state index >= 15 is 0 Å². The molecule has 0 aliphatic carbocycles. The average molecular weight is 365 g/mol. The van der Waals surface area contributed by atoms with Gasteiger partial charge in [-0.1, -0.05) is 22.4 Å². The molecule has 1 aromatic carbocycles. The number of nitrogens with zero attached hydrogens (tertiary/aromatic N) is 1. The Morgan fingerprint density at radius 1 is 1.45 bits per heavy atom. The Labute approximate surface area is 127 Å². The molecule has 1 saturated heterocycles. The molecule has 1 aliphatic rings. The molecule has 2 N–H and O–H groups in total. The van der Waals surface area contributed by atoms with Crippen LogP contribution in [0, 0.1) is 5.82 Å². The summed E-state index contributed by atoms with van der Waals surface area (Å²) in [5, 5.41) is 0. The lowest BCUT2D eigenvalue weighted by molar-refractivity contribution is 0.226. The molecule has 20 heavy (non-hydrogen) atoms. The molecule has 2 unspecified atom stereocenters. The average Bonchev–Trinajstić information content (AvgIpc) is 2.38. The molecule has 0 aromatic heterocycles. The van der Waals surface area contributed by atoms with Crippen LogP contribution in [0.4, 0.5) is 4.39 Å². The number of sulfonamides is 1. The van der Waals surface area contributed by atoms with Gasteiger partial charge in [0.1, 0.15) is 10.7 Å². The summed E-state index contributed by atoms with van der Waals surface area (Å²) in [5.74, 6) is -0.742. The summed E-state index contributed by atoms with van der Waals surface area (Å²) < 4.78 is 41.1. The highest BCUT2D eigenvalue weighted by molar-refractivity contribution is 9.10. The van der Waals surface area contributed by atoms with Crippen LogP contribution in [-0.4, -0.2) is 31.4 Å². The second kappa shape index (κ2) is 6.09. The predicted molar refractivity (Wildman–Crippen MR) is 79.3 cm³/mol. The molecule has 2 atom stereocenters. The van der Waals surface area contributed by atoms with Gasteiger partial charge in [-0.05, 0) is 38.0 Å². The Balaban J connectivity index is 2.42. The van der Waals surface area contributed by atoms with Crippen molar-refractivity contribution in [2.24, 2.45) is 5.73 Å². The van der Waals surface area contributed by atoms with E-state index in [1.165, 1.54) is 16.4 Å². The van der Waals surface area contributed by atoms with E-state index in [2.05, 4.69) is 15.9 Å². The molecular weight excluding hydrogens is 347 g/mol. The predicted octanol–water partition coefficient (Wildman–Crippen LogP) is 2.48. The van der Waals surface area contributed by atoms with Crippen molar-refractivity contribution in [1.29, 1.82) is 0 Å². The molecule has 1 aliphatic heterocycles. The molecule has 0 radical (unpaired) electrons. The van der Waals surface area contributed by atoms with Crippen molar-refractivity contribution < 1.29 is 12.8 Å². The van der Waals surface area contributed by atoms with E-state index in [-0.39, 0.29) is 17.0 Å². The zero-order valence-corrected chi connectivity index (χ0v) is 13.6. The molecule has 4 nitrogen and oxygen atoms in total. The first-order chi connectivity index (χ1) is 9.34. The van der Waals surface area contributed by atoms with Gasteiger partial charge in [0.2, 0.25) is 10.0 Å². The highest BCUT2D eigenvalue weighted by Gasteiger charge is 2.36. The number of hydrogen-bond acceptors (Lipinski definition) is 3. The molecule has 1 heterocycles. The zero-order valence-electron chi connectivity index (χ0n) is 11.2. The summed E-state index contributed by atoms with van der Waals surface area (Å²) in [7, 11) is -3.85. The second-order valence-electron chi connectivity index (χ2n) is 5.11. The first-order valence-electron chi connectivity index (χ1n) is 6.56. The number of nitrogens with two attached hydrogens (primary N) is 1. The fraction of sp³-hybridized carbons (Fsp3) is 0.538. The molecule has 0 amide bonds. The molecule has 0 bridgehead atoms. The number of rotatable bonds is 3. The first-order valence-corrected chi connectivity index (χ1v) is 8.80. The molecule has 2 rings (SSSR count). The molecule has 0 spiro atoms. The molecule has 1 fully saturated rings. The van der Waals surface area contributed by atoms with Crippen LogP contribution in [0.5, 0.6) is 0 Å². The third kappa shape index (κ3) is 3.05.